The van der Waals surface area contributed by atoms with E-state index in [9.17, 15) is 19.7 Å². The van der Waals surface area contributed by atoms with Gasteiger partial charge >= 0.3 is 0 Å². The highest BCUT2D eigenvalue weighted by molar-refractivity contribution is 6.02. The zero-order valence-electron chi connectivity index (χ0n) is 12.4. The minimum Gasteiger partial charge on any atom is -0.478 e. The van der Waals surface area contributed by atoms with Crippen LogP contribution in [0.25, 0.3) is 0 Å². The Hall–Kier alpha value is -3.42. The molecule has 0 radical (unpaired) electrons. The summed E-state index contributed by atoms with van der Waals surface area (Å²) < 4.78 is 5.53. The van der Waals surface area contributed by atoms with E-state index in [1.165, 1.54) is 24.3 Å². The Kier molecular flexibility index (Phi) is 4.11. The molecule has 0 fully saturated rings. The van der Waals surface area contributed by atoms with Crippen molar-refractivity contribution in [3.8, 4) is 5.75 Å². The second-order valence-electron chi connectivity index (χ2n) is 5.15. The molecule has 0 saturated heterocycles. The summed E-state index contributed by atoms with van der Waals surface area (Å²) in [7, 11) is 0. The lowest BCUT2D eigenvalue weighted by Crippen LogP contribution is -2.39. The monoisotopic (exact) mass is 327 g/mol. The maximum atomic E-state index is 12.1. The number of anilines is 2. The standard InChI is InChI=1S/C16H13N3O5/c20-15(17-10-4-3-5-11(8-10)19(22)23)9-14-16(21)18-12-6-1-2-7-13(12)24-14/h1-8,14H,9H2,(H,17,20)(H,18,21). The van der Waals surface area contributed by atoms with Crippen molar-refractivity contribution in [3.63, 3.8) is 0 Å². The fourth-order valence-electron chi connectivity index (χ4n) is 2.30. The summed E-state index contributed by atoms with van der Waals surface area (Å²) >= 11 is 0. The smallest absolute Gasteiger partial charge is 0.271 e. The lowest BCUT2D eigenvalue weighted by atomic mass is 10.1. The van der Waals surface area contributed by atoms with E-state index in [1.807, 2.05) is 0 Å². The van der Waals surface area contributed by atoms with Crippen molar-refractivity contribution in [1.82, 2.24) is 0 Å². The minimum atomic E-state index is -0.960. The predicted molar refractivity (Wildman–Crippen MR) is 85.8 cm³/mol. The number of non-ortho nitro benzene ring substituents is 1. The van der Waals surface area contributed by atoms with Gasteiger partial charge in [-0.05, 0) is 18.2 Å². The lowest BCUT2D eigenvalue weighted by Gasteiger charge is -2.25. The summed E-state index contributed by atoms with van der Waals surface area (Å²) in [4.78, 5) is 34.2. The van der Waals surface area contributed by atoms with Crippen molar-refractivity contribution in [1.29, 1.82) is 0 Å². The molecule has 1 aliphatic heterocycles. The first-order chi connectivity index (χ1) is 11.5. The summed E-state index contributed by atoms with van der Waals surface area (Å²) in [6.07, 6.45) is -1.17. The Morgan fingerprint density at radius 3 is 2.83 bits per heavy atom. The van der Waals surface area contributed by atoms with E-state index in [0.717, 1.165) is 0 Å². The average molecular weight is 327 g/mol. The number of fused-ring (bicyclic) bond motifs is 1. The normalized spacial score (nSPS) is 15.7. The number of carbonyl (C=O) groups excluding carboxylic acids is 2. The summed E-state index contributed by atoms with van der Waals surface area (Å²) in [6, 6.07) is 12.5. The second kappa shape index (κ2) is 6.37. The van der Waals surface area contributed by atoms with Crippen molar-refractivity contribution in [2.75, 3.05) is 10.6 Å². The van der Waals surface area contributed by atoms with E-state index in [1.54, 1.807) is 24.3 Å². The molecule has 0 saturated carbocycles. The van der Waals surface area contributed by atoms with Crippen molar-refractivity contribution in [2.45, 2.75) is 12.5 Å². The zero-order chi connectivity index (χ0) is 17.1. The molecule has 122 valence electrons. The number of nitro groups is 1. The maximum Gasteiger partial charge on any atom is 0.271 e. The van der Waals surface area contributed by atoms with E-state index in [2.05, 4.69) is 10.6 Å². The van der Waals surface area contributed by atoms with Crippen LogP contribution < -0.4 is 15.4 Å². The molecule has 0 aliphatic carbocycles. The highest BCUT2D eigenvalue weighted by Gasteiger charge is 2.29. The third-order valence-corrected chi connectivity index (χ3v) is 3.42. The molecule has 3 rings (SSSR count). The first-order valence-corrected chi connectivity index (χ1v) is 7.14. The number of nitrogens with one attached hydrogen (secondary N) is 2. The maximum absolute atomic E-state index is 12.1. The third kappa shape index (κ3) is 3.32. The van der Waals surface area contributed by atoms with Crippen LogP contribution in [0, 0.1) is 10.1 Å². The number of amides is 2. The third-order valence-electron chi connectivity index (χ3n) is 3.42. The fraction of sp³-hybridized carbons (Fsp3) is 0.125. The quantitative estimate of drug-likeness (QED) is 0.661. The number of nitrogens with zero attached hydrogens (tertiary/aromatic N) is 1. The van der Waals surface area contributed by atoms with Gasteiger partial charge in [-0.15, -0.1) is 0 Å². The molecule has 0 bridgehead atoms. The Morgan fingerprint density at radius 2 is 2.04 bits per heavy atom. The molecular weight excluding hydrogens is 314 g/mol. The van der Waals surface area contributed by atoms with Gasteiger partial charge in [0.15, 0.2) is 6.10 Å². The Bertz CT molecular complexity index is 821. The average Bonchev–Trinajstić information content (AvgIpc) is 2.55. The van der Waals surface area contributed by atoms with Gasteiger partial charge in [0.05, 0.1) is 17.0 Å². The molecule has 1 unspecified atom stereocenters. The highest BCUT2D eigenvalue weighted by Crippen LogP contribution is 2.29. The molecule has 2 aromatic carbocycles. The highest BCUT2D eigenvalue weighted by atomic mass is 16.6. The first-order valence-electron chi connectivity index (χ1n) is 7.14. The van der Waals surface area contributed by atoms with Crippen molar-refractivity contribution >= 4 is 28.9 Å². The van der Waals surface area contributed by atoms with Crippen LogP contribution in [-0.2, 0) is 9.59 Å². The topological polar surface area (TPSA) is 111 Å². The lowest BCUT2D eigenvalue weighted by molar-refractivity contribution is -0.384. The van der Waals surface area contributed by atoms with E-state index in [-0.39, 0.29) is 17.8 Å². The molecule has 2 amide bonds. The number of benzene rings is 2. The van der Waals surface area contributed by atoms with Crippen LogP contribution in [0.15, 0.2) is 48.5 Å². The molecule has 2 aromatic rings. The number of ether oxygens (including phenoxy) is 1. The second-order valence-corrected chi connectivity index (χ2v) is 5.15. The van der Waals surface area contributed by atoms with Gasteiger partial charge in [0.2, 0.25) is 5.91 Å². The van der Waals surface area contributed by atoms with Gasteiger partial charge in [-0.25, -0.2) is 0 Å². The van der Waals surface area contributed by atoms with Crippen LogP contribution in [0.2, 0.25) is 0 Å². The van der Waals surface area contributed by atoms with Gasteiger partial charge in [-0.3, -0.25) is 19.7 Å². The zero-order valence-corrected chi connectivity index (χ0v) is 12.4. The van der Waals surface area contributed by atoms with Crippen LogP contribution in [0.1, 0.15) is 6.42 Å². The summed E-state index contributed by atoms with van der Waals surface area (Å²) in [5, 5.41) is 15.9. The number of hydrogen-bond acceptors (Lipinski definition) is 5. The number of nitro benzene ring substituents is 1. The molecule has 1 heterocycles. The first kappa shape index (κ1) is 15.5. The molecule has 24 heavy (non-hydrogen) atoms. The van der Waals surface area contributed by atoms with Crippen LogP contribution in [0.4, 0.5) is 17.1 Å². The predicted octanol–water partition coefficient (Wildman–Crippen LogP) is 2.32. The number of carbonyl (C=O) groups is 2. The SMILES string of the molecule is O=C(CC1Oc2ccccc2NC1=O)Nc1cccc([N+](=O)[O-])c1. The van der Waals surface area contributed by atoms with Crippen LogP contribution >= 0.6 is 0 Å². The molecule has 0 spiro atoms. The minimum absolute atomic E-state index is 0.131. The molecule has 8 nitrogen and oxygen atoms in total. The van der Waals surface area contributed by atoms with Crippen molar-refractivity contribution in [3.05, 3.63) is 58.6 Å². The molecule has 2 N–H and O–H groups in total. The van der Waals surface area contributed by atoms with Crippen molar-refractivity contribution < 1.29 is 19.2 Å². The Labute approximate surface area is 136 Å². The summed E-state index contributed by atoms with van der Waals surface area (Å²) in [5.74, 6) is -0.400. The van der Waals surface area contributed by atoms with Gasteiger partial charge in [-0.2, -0.15) is 0 Å². The molecular formula is C16H13N3O5. The largest absolute Gasteiger partial charge is 0.478 e. The molecule has 8 heteroatoms. The van der Waals surface area contributed by atoms with Gasteiger partial charge in [0.25, 0.3) is 11.6 Å². The number of rotatable bonds is 4. The van der Waals surface area contributed by atoms with E-state index in [4.69, 9.17) is 4.74 Å². The summed E-state index contributed by atoms with van der Waals surface area (Å²) in [6.45, 7) is 0. The number of para-hydroxylation sites is 2. The van der Waals surface area contributed by atoms with Gasteiger partial charge in [0.1, 0.15) is 5.75 Å². The molecule has 1 aliphatic rings. The fourth-order valence-corrected chi connectivity index (χ4v) is 2.30. The Balaban J connectivity index is 1.66. The van der Waals surface area contributed by atoms with Crippen LogP contribution in [-0.4, -0.2) is 22.8 Å². The van der Waals surface area contributed by atoms with Gasteiger partial charge < -0.3 is 15.4 Å². The van der Waals surface area contributed by atoms with E-state index >= 15 is 0 Å². The summed E-state index contributed by atoms with van der Waals surface area (Å²) in [5.41, 5.74) is 0.706. The van der Waals surface area contributed by atoms with Gasteiger partial charge in [0, 0.05) is 17.8 Å². The Morgan fingerprint density at radius 1 is 1.25 bits per heavy atom. The van der Waals surface area contributed by atoms with Crippen LogP contribution in [0.3, 0.4) is 0 Å². The molecule has 1 atom stereocenters. The molecule has 0 aromatic heterocycles. The van der Waals surface area contributed by atoms with Gasteiger partial charge in [-0.1, -0.05) is 18.2 Å². The number of hydrogen-bond donors (Lipinski definition) is 2. The van der Waals surface area contributed by atoms with E-state index in [0.29, 0.717) is 11.4 Å². The van der Waals surface area contributed by atoms with E-state index < -0.39 is 22.8 Å². The van der Waals surface area contributed by atoms with Crippen molar-refractivity contribution in [2.24, 2.45) is 0 Å². The van der Waals surface area contributed by atoms with Crippen LogP contribution in [0.5, 0.6) is 5.75 Å².